The molecule has 0 aliphatic heterocycles. The van der Waals surface area contributed by atoms with Crippen LogP contribution < -0.4 is 0 Å². The first-order valence-corrected chi connectivity index (χ1v) is 7.66. The van der Waals surface area contributed by atoms with Gasteiger partial charge in [0.15, 0.2) is 0 Å². The first kappa shape index (κ1) is 16.6. The molecule has 0 bridgehead atoms. The van der Waals surface area contributed by atoms with Crippen LogP contribution in [0.4, 0.5) is 4.79 Å². The zero-order valence-corrected chi connectivity index (χ0v) is 13.4. The number of hydrogen-bond acceptors (Lipinski definition) is 5. The Kier molecular flexibility index (Phi) is 4.66. The molecule has 3 rings (SSSR count). The predicted molar refractivity (Wildman–Crippen MR) is 87.6 cm³/mol. The maximum atomic E-state index is 11.0. The number of rotatable bonds is 7. The van der Waals surface area contributed by atoms with Crippen LogP contribution in [0.5, 0.6) is 0 Å². The smallest absolute Gasteiger partial charge is 0.432 e. The van der Waals surface area contributed by atoms with E-state index in [1.807, 2.05) is 18.2 Å². The van der Waals surface area contributed by atoms with Gasteiger partial charge in [-0.3, -0.25) is 0 Å². The van der Waals surface area contributed by atoms with Crippen LogP contribution in [0.2, 0.25) is 0 Å². The third-order valence-corrected chi connectivity index (χ3v) is 4.45. The minimum atomic E-state index is -1.10. The second-order valence-corrected chi connectivity index (χ2v) is 6.10. The molecule has 7 heteroatoms. The van der Waals surface area contributed by atoms with Gasteiger partial charge in [0.2, 0.25) is 0 Å². The molecule has 7 nitrogen and oxygen atoms in total. The molecule has 0 spiro atoms. The largest absolute Gasteiger partial charge is 0.463 e. The van der Waals surface area contributed by atoms with Gasteiger partial charge in [-0.25, -0.2) is 4.79 Å². The Morgan fingerprint density at radius 1 is 1.54 bits per heavy atom. The second kappa shape index (κ2) is 6.72. The summed E-state index contributed by atoms with van der Waals surface area (Å²) in [5.41, 5.74) is 1.31. The lowest BCUT2D eigenvalue weighted by Crippen LogP contribution is -2.18. The molecule has 1 saturated carbocycles. The summed E-state index contributed by atoms with van der Waals surface area (Å²) in [7, 11) is 1.57. The number of aliphatic hydroxyl groups is 1. The normalized spacial score (nSPS) is 23.2. The van der Waals surface area contributed by atoms with Crippen LogP contribution in [-0.4, -0.2) is 53.2 Å². The third kappa shape index (κ3) is 3.19. The number of methoxy groups -OCH3 is 1. The number of carboxylic acid groups (broad SMARTS) is 1. The second-order valence-electron chi connectivity index (χ2n) is 6.10. The van der Waals surface area contributed by atoms with E-state index in [1.54, 1.807) is 13.2 Å². The molecule has 0 amide bonds. The Morgan fingerprint density at radius 3 is 3.08 bits per heavy atom. The van der Waals surface area contributed by atoms with Crippen LogP contribution >= 0.6 is 0 Å². The monoisotopic (exact) mass is 332 g/mol. The number of ether oxygens (including phenoxy) is 2. The molecule has 1 aliphatic carbocycles. The Bertz CT molecular complexity index is 769. The maximum absolute atomic E-state index is 11.0. The van der Waals surface area contributed by atoms with Gasteiger partial charge in [0, 0.05) is 17.9 Å². The van der Waals surface area contributed by atoms with Crippen molar-refractivity contribution >= 4 is 23.1 Å². The van der Waals surface area contributed by atoms with Gasteiger partial charge >= 0.3 is 6.09 Å². The van der Waals surface area contributed by atoms with E-state index in [0.29, 0.717) is 12.1 Å². The first-order chi connectivity index (χ1) is 11.6. The predicted octanol–water partition coefficient (Wildman–Crippen LogP) is 2.19. The lowest BCUT2D eigenvalue weighted by atomic mass is 10.1. The van der Waals surface area contributed by atoms with Crippen molar-refractivity contribution in [1.82, 2.24) is 9.78 Å². The number of carbonyl (C=O) groups is 1. The number of benzene rings is 1. The Balaban J connectivity index is 1.69. The first-order valence-electron chi connectivity index (χ1n) is 7.66. The summed E-state index contributed by atoms with van der Waals surface area (Å²) in [6.45, 7) is 0.773. The molecule has 1 aromatic carbocycles. The number of nitrogens with zero attached hydrogens (tertiary/aromatic N) is 2. The highest BCUT2D eigenvalue weighted by atomic mass is 16.7. The number of fused-ring (bicyclic) bond motifs is 1. The lowest BCUT2D eigenvalue weighted by molar-refractivity contribution is -0.0557. The van der Waals surface area contributed by atoms with Gasteiger partial charge < -0.3 is 19.7 Å². The topological polar surface area (TPSA) is 93.8 Å². The molecule has 1 aliphatic rings. The number of allylic oxidation sites excluding steroid dienone is 1. The molecule has 2 aromatic rings. The summed E-state index contributed by atoms with van der Waals surface area (Å²) in [5, 5.41) is 23.3. The van der Waals surface area contributed by atoms with Crippen molar-refractivity contribution in [3.63, 3.8) is 0 Å². The van der Waals surface area contributed by atoms with Crippen LogP contribution in [0.15, 0.2) is 30.5 Å². The van der Waals surface area contributed by atoms with Gasteiger partial charge in [-0.05, 0) is 30.0 Å². The van der Waals surface area contributed by atoms with Crippen molar-refractivity contribution in [3.05, 3.63) is 36.0 Å². The van der Waals surface area contributed by atoms with Crippen LogP contribution in [0.3, 0.4) is 0 Å². The van der Waals surface area contributed by atoms with Crippen LogP contribution in [0.25, 0.3) is 17.0 Å². The van der Waals surface area contributed by atoms with E-state index in [1.165, 1.54) is 6.20 Å². The molecule has 128 valence electrons. The van der Waals surface area contributed by atoms with Gasteiger partial charge in [0.1, 0.15) is 6.79 Å². The molecule has 1 aromatic heterocycles. The van der Waals surface area contributed by atoms with E-state index in [0.717, 1.165) is 22.1 Å². The summed E-state index contributed by atoms with van der Waals surface area (Å²) in [6.07, 6.45) is 5.36. The van der Waals surface area contributed by atoms with E-state index < -0.39 is 6.09 Å². The Labute approximate surface area is 139 Å². The molecular weight excluding hydrogens is 312 g/mol. The molecule has 0 radical (unpaired) electrons. The highest BCUT2D eigenvalue weighted by Gasteiger charge is 2.52. The van der Waals surface area contributed by atoms with Crippen LogP contribution in [-0.2, 0) is 9.47 Å². The molecule has 2 atom stereocenters. The summed E-state index contributed by atoms with van der Waals surface area (Å²) in [5.74, 6) is 0.261. The molecule has 1 heterocycles. The molecule has 1 fully saturated rings. The van der Waals surface area contributed by atoms with Crippen LogP contribution in [0, 0.1) is 11.3 Å². The average Bonchev–Trinajstić information content (AvgIpc) is 3.10. The quantitative estimate of drug-likeness (QED) is 0.596. The van der Waals surface area contributed by atoms with Crippen molar-refractivity contribution in [2.24, 2.45) is 11.3 Å². The fourth-order valence-electron chi connectivity index (χ4n) is 2.91. The highest BCUT2D eigenvalue weighted by Crippen LogP contribution is 2.53. The van der Waals surface area contributed by atoms with E-state index in [2.05, 4.69) is 11.2 Å². The number of aliphatic hydroxyl groups excluding tert-OH is 1. The van der Waals surface area contributed by atoms with Gasteiger partial charge in [-0.15, -0.1) is 0 Å². The van der Waals surface area contributed by atoms with Crippen molar-refractivity contribution < 1.29 is 24.5 Å². The number of aromatic nitrogens is 2. The summed E-state index contributed by atoms with van der Waals surface area (Å²) in [4.78, 5) is 11.0. The zero-order valence-electron chi connectivity index (χ0n) is 13.4. The van der Waals surface area contributed by atoms with Gasteiger partial charge in [0.25, 0.3) is 0 Å². The van der Waals surface area contributed by atoms with Crippen molar-refractivity contribution in [2.45, 2.75) is 6.42 Å². The SMILES string of the molecule is COCOCC1(CO)CC1/C=C/c1ccc2c(cnn2C(=O)O)c1. The minimum Gasteiger partial charge on any atom is -0.463 e. The summed E-state index contributed by atoms with van der Waals surface area (Å²) < 4.78 is 11.2. The van der Waals surface area contributed by atoms with Gasteiger partial charge in [0.05, 0.1) is 24.9 Å². The van der Waals surface area contributed by atoms with Crippen molar-refractivity contribution in [1.29, 1.82) is 0 Å². The van der Waals surface area contributed by atoms with E-state index >= 15 is 0 Å². The summed E-state index contributed by atoms with van der Waals surface area (Å²) >= 11 is 0. The molecule has 2 N–H and O–H groups in total. The Morgan fingerprint density at radius 2 is 2.38 bits per heavy atom. The maximum Gasteiger partial charge on any atom is 0.432 e. The van der Waals surface area contributed by atoms with E-state index in [-0.39, 0.29) is 24.7 Å². The van der Waals surface area contributed by atoms with Crippen LogP contribution in [0.1, 0.15) is 12.0 Å². The van der Waals surface area contributed by atoms with Crippen molar-refractivity contribution in [3.8, 4) is 0 Å². The van der Waals surface area contributed by atoms with Crippen molar-refractivity contribution in [2.75, 3.05) is 27.1 Å². The average molecular weight is 332 g/mol. The van der Waals surface area contributed by atoms with E-state index in [9.17, 15) is 9.90 Å². The van der Waals surface area contributed by atoms with Gasteiger partial charge in [-0.2, -0.15) is 9.78 Å². The molecule has 2 unspecified atom stereocenters. The Hall–Kier alpha value is -2.22. The highest BCUT2D eigenvalue weighted by molar-refractivity contribution is 5.88. The standard InChI is InChI=1S/C17H20N2O5/c1-23-11-24-10-17(9-20)7-14(17)4-2-12-3-5-15-13(6-12)8-18-19(15)16(21)22/h2-6,8,14,20H,7,9-11H2,1H3,(H,21,22)/b4-2+. The molecule has 24 heavy (non-hydrogen) atoms. The summed E-state index contributed by atoms with van der Waals surface area (Å²) in [6, 6.07) is 5.48. The third-order valence-electron chi connectivity index (χ3n) is 4.45. The zero-order chi connectivity index (χ0) is 17.2. The van der Waals surface area contributed by atoms with Gasteiger partial charge in [-0.1, -0.05) is 18.2 Å². The molecule has 0 saturated heterocycles. The molecular formula is C17H20N2O5. The fourth-order valence-corrected chi connectivity index (χ4v) is 2.91. The fraction of sp³-hybridized carbons (Fsp3) is 0.412. The minimum absolute atomic E-state index is 0.0795. The van der Waals surface area contributed by atoms with E-state index in [4.69, 9.17) is 14.6 Å². The number of hydrogen-bond donors (Lipinski definition) is 2. The lowest BCUT2D eigenvalue weighted by Gasteiger charge is -2.12.